The fraction of sp³-hybridized carbons (Fsp3) is 0.0435. The zero-order valence-electron chi connectivity index (χ0n) is 15.2. The molecule has 0 saturated heterocycles. The van der Waals surface area contributed by atoms with E-state index < -0.39 is 0 Å². The molecule has 0 aliphatic rings. The summed E-state index contributed by atoms with van der Waals surface area (Å²) in [6.45, 7) is 2.07. The minimum atomic E-state index is 0.506. The summed E-state index contributed by atoms with van der Waals surface area (Å²) in [6, 6.07) is 16.4. The van der Waals surface area contributed by atoms with Crippen LogP contribution in [0.5, 0.6) is 0 Å². The number of nitrogens with one attached hydrogen (secondary N) is 2. The van der Waals surface area contributed by atoms with Gasteiger partial charge in [-0.25, -0.2) is 0 Å². The Morgan fingerprint density at radius 1 is 1.07 bits per heavy atom. The van der Waals surface area contributed by atoms with Crippen molar-refractivity contribution in [3.63, 3.8) is 0 Å². The van der Waals surface area contributed by atoms with Crippen LogP contribution in [0.15, 0.2) is 65.5 Å². The van der Waals surface area contributed by atoms with Crippen molar-refractivity contribution in [3.05, 3.63) is 87.8 Å². The van der Waals surface area contributed by atoms with Gasteiger partial charge in [-0.15, -0.1) is 0 Å². The first-order chi connectivity index (χ1) is 13.7. The van der Waals surface area contributed by atoms with E-state index in [1.54, 1.807) is 12.4 Å². The monoisotopic (exact) mass is 428 g/mol. The summed E-state index contributed by atoms with van der Waals surface area (Å²) in [5, 5.41) is 14.2. The van der Waals surface area contributed by atoms with Crippen LogP contribution in [0.4, 0.5) is 11.4 Å². The van der Waals surface area contributed by atoms with Gasteiger partial charge in [0.05, 0.1) is 11.3 Å². The molecule has 2 aromatic heterocycles. The molecule has 0 saturated carbocycles. The van der Waals surface area contributed by atoms with Crippen molar-refractivity contribution in [2.45, 2.75) is 6.92 Å². The smallest absolute Gasteiger partial charge is 0.103 e. The molecule has 0 fully saturated rings. The number of nitrogens with zero attached hydrogens (tertiary/aromatic N) is 2. The first kappa shape index (κ1) is 18.0. The molecule has 0 radical (unpaired) electrons. The number of anilines is 2. The lowest BCUT2D eigenvalue weighted by Crippen LogP contribution is -1.99. The summed E-state index contributed by atoms with van der Waals surface area (Å²) in [4.78, 5) is 7.45. The maximum Gasteiger partial charge on any atom is 0.103 e. The summed E-state index contributed by atoms with van der Waals surface area (Å²) >= 11 is 3.45. The summed E-state index contributed by atoms with van der Waals surface area (Å²) in [5.74, 6) is 0. The van der Waals surface area contributed by atoms with Crippen LogP contribution in [0, 0.1) is 18.3 Å². The molecule has 0 aliphatic carbocycles. The molecule has 4 nitrogen and oxygen atoms in total. The van der Waals surface area contributed by atoms with Crippen LogP contribution in [0.25, 0.3) is 23.1 Å². The second-order valence-corrected chi connectivity index (χ2v) is 7.37. The predicted octanol–water partition coefficient (Wildman–Crippen LogP) is 6.42. The van der Waals surface area contributed by atoms with Gasteiger partial charge in [-0.05, 0) is 48.4 Å². The summed E-state index contributed by atoms with van der Waals surface area (Å²) in [5.41, 5.74) is 6.37. The Labute approximate surface area is 171 Å². The highest BCUT2D eigenvalue weighted by Crippen LogP contribution is 2.31. The van der Waals surface area contributed by atoms with Crippen LogP contribution in [0.3, 0.4) is 0 Å². The highest BCUT2D eigenvalue weighted by molar-refractivity contribution is 9.10. The molecule has 4 rings (SSSR count). The van der Waals surface area contributed by atoms with Crippen LogP contribution in [-0.4, -0.2) is 9.97 Å². The van der Waals surface area contributed by atoms with Gasteiger partial charge >= 0.3 is 0 Å². The van der Waals surface area contributed by atoms with E-state index >= 15 is 0 Å². The number of nitriles is 1. The quantitative estimate of drug-likeness (QED) is 0.394. The van der Waals surface area contributed by atoms with Gasteiger partial charge in [0.25, 0.3) is 0 Å². The third-order valence-electron chi connectivity index (χ3n) is 4.68. The molecular weight excluding hydrogens is 412 g/mol. The SMILES string of the molecule is Cc1c(Nc2c(C#N)cncc2/C=C/c2ccc(Br)cc2)ccc2[nH]ccc12. The topological polar surface area (TPSA) is 64.5 Å². The Morgan fingerprint density at radius 2 is 1.89 bits per heavy atom. The highest BCUT2D eigenvalue weighted by atomic mass is 79.9. The molecule has 136 valence electrons. The summed E-state index contributed by atoms with van der Waals surface area (Å²) in [7, 11) is 0. The maximum absolute atomic E-state index is 9.58. The number of pyridine rings is 1. The summed E-state index contributed by atoms with van der Waals surface area (Å²) in [6.07, 6.45) is 9.27. The van der Waals surface area contributed by atoms with Gasteiger partial charge in [0.15, 0.2) is 0 Å². The molecule has 2 heterocycles. The number of hydrogen-bond donors (Lipinski definition) is 2. The van der Waals surface area contributed by atoms with E-state index in [2.05, 4.69) is 50.3 Å². The van der Waals surface area contributed by atoms with E-state index in [1.165, 1.54) is 0 Å². The van der Waals surface area contributed by atoms with Crippen molar-refractivity contribution in [3.8, 4) is 6.07 Å². The Morgan fingerprint density at radius 3 is 2.68 bits per heavy atom. The zero-order chi connectivity index (χ0) is 19.5. The van der Waals surface area contributed by atoms with Crippen molar-refractivity contribution >= 4 is 50.4 Å². The number of aryl methyl sites for hydroxylation is 1. The van der Waals surface area contributed by atoms with Gasteiger partial charge in [-0.2, -0.15) is 5.26 Å². The molecular formula is C23H17BrN4. The molecule has 2 aromatic carbocycles. The van der Waals surface area contributed by atoms with E-state index in [9.17, 15) is 5.26 Å². The van der Waals surface area contributed by atoms with Crippen LogP contribution < -0.4 is 5.32 Å². The van der Waals surface area contributed by atoms with Gasteiger partial charge in [0.2, 0.25) is 0 Å². The summed E-state index contributed by atoms with van der Waals surface area (Å²) < 4.78 is 1.04. The van der Waals surface area contributed by atoms with Crippen LogP contribution in [0.2, 0.25) is 0 Å². The molecule has 5 heteroatoms. The average Bonchev–Trinajstić information content (AvgIpc) is 3.20. The van der Waals surface area contributed by atoms with E-state index in [4.69, 9.17) is 0 Å². The second-order valence-electron chi connectivity index (χ2n) is 6.45. The predicted molar refractivity (Wildman–Crippen MR) is 118 cm³/mol. The third-order valence-corrected chi connectivity index (χ3v) is 5.21. The number of benzene rings is 2. The van der Waals surface area contributed by atoms with Gasteiger partial charge in [-0.3, -0.25) is 4.98 Å². The number of fused-ring (bicyclic) bond motifs is 1. The van der Waals surface area contributed by atoms with Crippen molar-refractivity contribution in [2.75, 3.05) is 5.32 Å². The van der Waals surface area contributed by atoms with Crippen molar-refractivity contribution in [1.29, 1.82) is 5.26 Å². The van der Waals surface area contributed by atoms with Gasteiger partial charge < -0.3 is 10.3 Å². The molecule has 4 aromatic rings. The fourth-order valence-corrected chi connectivity index (χ4v) is 3.41. The van der Waals surface area contributed by atoms with Gasteiger partial charge in [0, 0.05) is 45.2 Å². The normalized spacial score (nSPS) is 11.0. The number of halogens is 1. The second kappa shape index (κ2) is 7.71. The first-order valence-electron chi connectivity index (χ1n) is 8.81. The van der Waals surface area contributed by atoms with Gasteiger partial charge in [-0.1, -0.05) is 40.2 Å². The van der Waals surface area contributed by atoms with Crippen LogP contribution in [-0.2, 0) is 0 Å². The first-order valence-corrected chi connectivity index (χ1v) is 9.60. The number of hydrogen-bond acceptors (Lipinski definition) is 3. The average molecular weight is 429 g/mol. The zero-order valence-corrected chi connectivity index (χ0v) is 16.8. The van der Waals surface area contributed by atoms with E-state index in [-0.39, 0.29) is 0 Å². The molecule has 0 amide bonds. The maximum atomic E-state index is 9.58. The molecule has 0 unspecified atom stereocenters. The number of aromatic nitrogens is 2. The molecule has 2 N–H and O–H groups in total. The molecule has 0 spiro atoms. The van der Waals surface area contributed by atoms with E-state index in [1.807, 2.05) is 54.7 Å². The number of H-pyrrole nitrogens is 1. The lowest BCUT2D eigenvalue weighted by atomic mass is 10.1. The highest BCUT2D eigenvalue weighted by Gasteiger charge is 2.11. The lowest BCUT2D eigenvalue weighted by molar-refractivity contribution is 1.28. The largest absolute Gasteiger partial charge is 0.361 e. The lowest BCUT2D eigenvalue weighted by Gasteiger charge is -2.14. The van der Waals surface area contributed by atoms with Crippen molar-refractivity contribution in [1.82, 2.24) is 9.97 Å². The molecule has 0 aliphatic heterocycles. The van der Waals surface area contributed by atoms with Gasteiger partial charge in [0.1, 0.15) is 6.07 Å². The van der Waals surface area contributed by atoms with Crippen molar-refractivity contribution < 1.29 is 0 Å². The Kier molecular flexibility index (Phi) is 4.96. The molecule has 0 atom stereocenters. The fourth-order valence-electron chi connectivity index (χ4n) is 3.14. The van der Waals surface area contributed by atoms with Crippen LogP contribution in [0.1, 0.15) is 22.3 Å². The van der Waals surface area contributed by atoms with Crippen molar-refractivity contribution in [2.24, 2.45) is 0 Å². The Balaban J connectivity index is 1.74. The third kappa shape index (κ3) is 3.55. The Bertz CT molecular complexity index is 1210. The standard InChI is InChI=1S/C23H17BrN4/c1-15-20-10-11-27-22(20)9-8-21(15)28-23-17(13-26-14-18(23)12-25)5-2-16-3-6-19(24)7-4-16/h2-11,13-14,27H,1H3,(H,26,28)/b5-2+. The molecule has 0 bridgehead atoms. The Hall–Kier alpha value is -3.36. The minimum Gasteiger partial charge on any atom is -0.361 e. The van der Waals surface area contributed by atoms with Crippen LogP contribution >= 0.6 is 15.9 Å². The van der Waals surface area contributed by atoms with E-state index in [0.717, 1.165) is 43.4 Å². The number of aromatic amines is 1. The molecule has 28 heavy (non-hydrogen) atoms. The number of rotatable bonds is 4. The minimum absolute atomic E-state index is 0.506. The van der Waals surface area contributed by atoms with E-state index in [0.29, 0.717) is 5.56 Å².